The minimum Gasteiger partial charge on any atom is -0.310 e. The lowest BCUT2D eigenvalue weighted by Crippen LogP contribution is -2.10. The topological polar surface area (TPSA) is 32.3 Å². The third-order valence-electron chi connectivity index (χ3n) is 12.6. The predicted molar refractivity (Wildman–Crippen MR) is 283 cm³/mol. The van der Waals surface area contributed by atoms with Gasteiger partial charge in [-0.15, -0.1) is 22.7 Å². The normalized spacial score (nSPS) is 11.6. The fourth-order valence-corrected chi connectivity index (χ4v) is 11.4. The molecule has 0 fully saturated rings. The first kappa shape index (κ1) is 38.3. The lowest BCUT2D eigenvalue weighted by Gasteiger charge is -2.27. The van der Waals surface area contributed by atoms with E-state index in [4.69, 9.17) is 9.97 Å². The summed E-state index contributed by atoms with van der Waals surface area (Å²) >= 11 is 3.47. The van der Waals surface area contributed by atoms with Crippen molar-refractivity contribution < 1.29 is 0 Å². The Kier molecular flexibility index (Phi) is 9.18. The lowest BCUT2D eigenvalue weighted by atomic mass is 9.99. The van der Waals surface area contributed by atoms with Crippen molar-refractivity contribution in [3.8, 4) is 21.1 Å². The highest BCUT2D eigenvalue weighted by Gasteiger charge is 2.19. The van der Waals surface area contributed by atoms with Gasteiger partial charge in [0.1, 0.15) is 10.0 Å². The standard InChI is InChI=1S/C60H38N4S2/c1-3-13-41(14-4-1)59-61-55-31-27-51(37-57(55)65-59)63(47-23-21-39-11-7-9-17-43(39)33-47)49-25-29-53-45(35-49)19-20-46-36-50(26-30-54(46)53)64(48-24-22-40-12-8-10-18-44(40)34-48)52-28-32-56-58(38-52)66-60(62-56)42-15-5-2-6-16-42/h1-38H. The molecule has 0 aliphatic heterocycles. The maximum atomic E-state index is 5.02. The molecule has 11 aromatic carbocycles. The van der Waals surface area contributed by atoms with Gasteiger partial charge in [0.15, 0.2) is 0 Å². The number of hydrogen-bond donors (Lipinski definition) is 0. The zero-order chi connectivity index (χ0) is 43.6. The van der Waals surface area contributed by atoms with Gasteiger partial charge in [-0.2, -0.15) is 0 Å². The van der Waals surface area contributed by atoms with Crippen LogP contribution >= 0.6 is 22.7 Å². The van der Waals surface area contributed by atoms with Crippen LogP contribution in [0.25, 0.3) is 84.7 Å². The molecular formula is C60H38N4S2. The van der Waals surface area contributed by atoms with E-state index in [0.29, 0.717) is 0 Å². The van der Waals surface area contributed by atoms with Crippen molar-refractivity contribution in [2.24, 2.45) is 0 Å². The van der Waals surface area contributed by atoms with Crippen LogP contribution in [0, 0.1) is 0 Å². The average Bonchev–Trinajstić information content (AvgIpc) is 4.02. The summed E-state index contributed by atoms with van der Waals surface area (Å²) in [5.41, 5.74) is 10.9. The van der Waals surface area contributed by atoms with E-state index < -0.39 is 0 Å². The van der Waals surface area contributed by atoms with Gasteiger partial charge in [0.25, 0.3) is 0 Å². The molecule has 0 amide bonds. The number of thiazole rings is 2. The molecule has 0 unspecified atom stereocenters. The number of hydrogen-bond acceptors (Lipinski definition) is 6. The van der Waals surface area contributed by atoms with E-state index >= 15 is 0 Å². The van der Waals surface area contributed by atoms with Crippen molar-refractivity contribution in [1.82, 2.24) is 9.97 Å². The zero-order valence-electron chi connectivity index (χ0n) is 35.5. The minimum atomic E-state index is 1.01. The third kappa shape index (κ3) is 6.83. The molecule has 0 radical (unpaired) electrons. The molecule has 66 heavy (non-hydrogen) atoms. The molecule has 0 N–H and O–H groups in total. The van der Waals surface area contributed by atoms with Crippen molar-refractivity contribution in [2.45, 2.75) is 0 Å². The second-order valence-electron chi connectivity index (χ2n) is 16.7. The maximum Gasteiger partial charge on any atom is 0.124 e. The molecule has 4 nitrogen and oxygen atoms in total. The van der Waals surface area contributed by atoms with Gasteiger partial charge < -0.3 is 9.80 Å². The van der Waals surface area contributed by atoms with Gasteiger partial charge >= 0.3 is 0 Å². The summed E-state index contributed by atoms with van der Waals surface area (Å²) in [5.74, 6) is 0. The van der Waals surface area contributed by atoms with Gasteiger partial charge in [-0.25, -0.2) is 9.97 Å². The highest BCUT2D eigenvalue weighted by atomic mass is 32.1. The van der Waals surface area contributed by atoms with E-state index in [1.807, 2.05) is 12.1 Å². The molecule has 0 saturated carbocycles. The summed E-state index contributed by atoms with van der Waals surface area (Å²) in [7, 11) is 0. The fraction of sp³-hybridized carbons (Fsp3) is 0. The molecule has 0 aliphatic carbocycles. The van der Waals surface area contributed by atoms with E-state index in [1.165, 1.54) is 43.1 Å². The van der Waals surface area contributed by atoms with Crippen LogP contribution in [0.4, 0.5) is 34.1 Å². The quantitative estimate of drug-likeness (QED) is 0.142. The van der Waals surface area contributed by atoms with Gasteiger partial charge in [-0.05, 0) is 128 Å². The molecule has 2 aromatic heterocycles. The van der Waals surface area contributed by atoms with Crippen LogP contribution < -0.4 is 9.80 Å². The molecule has 6 heteroatoms. The number of rotatable bonds is 8. The van der Waals surface area contributed by atoms with Crippen molar-refractivity contribution in [3.05, 3.63) is 231 Å². The Labute approximate surface area is 389 Å². The zero-order valence-corrected chi connectivity index (χ0v) is 37.2. The predicted octanol–water partition coefficient (Wildman–Crippen LogP) is 17.8. The molecular weight excluding hydrogens is 841 g/mol. The number of benzene rings is 11. The summed E-state index contributed by atoms with van der Waals surface area (Å²) in [6.07, 6.45) is 0. The fourth-order valence-electron chi connectivity index (χ4n) is 9.36. The van der Waals surface area contributed by atoms with Gasteiger partial charge in [-0.1, -0.05) is 146 Å². The van der Waals surface area contributed by atoms with Crippen molar-refractivity contribution in [2.75, 3.05) is 9.80 Å². The first-order valence-corrected chi connectivity index (χ1v) is 23.8. The second kappa shape index (κ2) is 15.8. The van der Waals surface area contributed by atoms with Gasteiger partial charge in [0.05, 0.1) is 20.4 Å². The minimum absolute atomic E-state index is 1.01. The Bertz CT molecular complexity index is 3710. The third-order valence-corrected chi connectivity index (χ3v) is 14.7. The molecule has 0 spiro atoms. The first-order chi connectivity index (χ1) is 32.6. The number of anilines is 6. The average molecular weight is 879 g/mol. The van der Waals surface area contributed by atoms with E-state index in [2.05, 4.69) is 228 Å². The smallest absolute Gasteiger partial charge is 0.124 e. The second-order valence-corrected chi connectivity index (χ2v) is 18.7. The SMILES string of the molecule is c1ccc(-c2nc3ccc(N(c4ccc5ccccc5c4)c4ccc5c(ccc6cc(N(c7ccc8ccccc8c7)c7ccc8nc(-c9ccccc9)sc8c7)ccc65)c4)cc3s2)cc1. The number of fused-ring (bicyclic) bond motifs is 7. The molecule has 310 valence electrons. The van der Waals surface area contributed by atoms with Crippen LogP contribution in [0.1, 0.15) is 0 Å². The van der Waals surface area contributed by atoms with E-state index in [0.717, 1.165) is 75.7 Å². The Morgan fingerprint density at radius 3 is 1.05 bits per heavy atom. The number of aromatic nitrogens is 2. The first-order valence-electron chi connectivity index (χ1n) is 22.1. The summed E-state index contributed by atoms with van der Waals surface area (Å²) in [6, 6.07) is 83.2. The Morgan fingerprint density at radius 2 is 0.606 bits per heavy atom. The Balaban J connectivity index is 0.916. The summed E-state index contributed by atoms with van der Waals surface area (Å²) < 4.78 is 2.31. The summed E-state index contributed by atoms with van der Waals surface area (Å²) in [5, 5.41) is 11.7. The summed E-state index contributed by atoms with van der Waals surface area (Å²) in [4.78, 5) is 14.8. The summed E-state index contributed by atoms with van der Waals surface area (Å²) in [6.45, 7) is 0. The molecule has 0 atom stereocenters. The van der Waals surface area contributed by atoms with Crippen molar-refractivity contribution in [3.63, 3.8) is 0 Å². The molecule has 0 aliphatic rings. The van der Waals surface area contributed by atoms with Gasteiger partial charge in [0.2, 0.25) is 0 Å². The van der Waals surface area contributed by atoms with E-state index in [1.54, 1.807) is 22.7 Å². The van der Waals surface area contributed by atoms with E-state index in [-0.39, 0.29) is 0 Å². The van der Waals surface area contributed by atoms with Gasteiger partial charge in [-0.3, -0.25) is 0 Å². The van der Waals surface area contributed by atoms with Crippen molar-refractivity contribution in [1.29, 1.82) is 0 Å². The largest absolute Gasteiger partial charge is 0.310 e. The molecule has 13 aromatic rings. The Hall–Kier alpha value is -8.16. The van der Waals surface area contributed by atoms with Crippen LogP contribution in [-0.2, 0) is 0 Å². The van der Waals surface area contributed by atoms with Crippen LogP contribution in [0.3, 0.4) is 0 Å². The molecule has 2 heterocycles. The number of nitrogens with zero attached hydrogens (tertiary/aromatic N) is 4. The molecule has 0 bridgehead atoms. The highest BCUT2D eigenvalue weighted by molar-refractivity contribution is 7.22. The van der Waals surface area contributed by atoms with Crippen molar-refractivity contribution >= 4 is 120 Å². The monoisotopic (exact) mass is 878 g/mol. The highest BCUT2D eigenvalue weighted by Crippen LogP contribution is 2.44. The van der Waals surface area contributed by atoms with Crippen LogP contribution in [0.5, 0.6) is 0 Å². The van der Waals surface area contributed by atoms with E-state index in [9.17, 15) is 0 Å². The van der Waals surface area contributed by atoms with Crippen LogP contribution in [-0.4, -0.2) is 9.97 Å². The van der Waals surface area contributed by atoms with Gasteiger partial charge in [0, 0.05) is 45.3 Å². The molecule has 0 saturated heterocycles. The van der Waals surface area contributed by atoms with Crippen LogP contribution in [0.15, 0.2) is 231 Å². The molecule has 13 rings (SSSR count). The van der Waals surface area contributed by atoms with Crippen LogP contribution in [0.2, 0.25) is 0 Å². The Morgan fingerprint density at radius 1 is 0.273 bits per heavy atom. The maximum absolute atomic E-state index is 5.02. The lowest BCUT2D eigenvalue weighted by molar-refractivity contribution is 1.30.